The van der Waals surface area contributed by atoms with E-state index in [0.29, 0.717) is 29.5 Å². The quantitative estimate of drug-likeness (QED) is 0.768. The van der Waals surface area contributed by atoms with E-state index in [-0.39, 0.29) is 0 Å². The third-order valence-electron chi connectivity index (χ3n) is 3.15. The van der Waals surface area contributed by atoms with Gasteiger partial charge in [-0.15, -0.1) is 0 Å². The Labute approximate surface area is 115 Å². The molecule has 0 atom stereocenters. The SMILES string of the molecule is COc1ncnc2c1nc(N)n2Cc1ncccc1C. The van der Waals surface area contributed by atoms with Crippen LogP contribution in [0.4, 0.5) is 5.95 Å². The van der Waals surface area contributed by atoms with Crippen molar-refractivity contribution < 1.29 is 4.74 Å². The van der Waals surface area contributed by atoms with Crippen molar-refractivity contribution in [3.05, 3.63) is 35.9 Å². The summed E-state index contributed by atoms with van der Waals surface area (Å²) in [6.45, 7) is 2.52. The van der Waals surface area contributed by atoms with Crippen molar-refractivity contribution in [2.75, 3.05) is 12.8 Å². The smallest absolute Gasteiger partial charge is 0.245 e. The van der Waals surface area contributed by atoms with E-state index in [0.717, 1.165) is 11.3 Å². The van der Waals surface area contributed by atoms with E-state index in [4.69, 9.17) is 10.5 Å². The second-order valence-corrected chi connectivity index (χ2v) is 4.38. The molecule has 0 bridgehead atoms. The number of rotatable bonds is 3. The molecule has 3 heterocycles. The van der Waals surface area contributed by atoms with Gasteiger partial charge in [-0.1, -0.05) is 6.07 Å². The standard InChI is InChI=1S/C13H14N6O/c1-8-4-3-5-15-9(8)6-19-11-10(18-13(19)14)12(20-2)17-7-16-11/h3-5,7H,6H2,1-2H3,(H2,14,18). The molecule has 0 unspecified atom stereocenters. The number of pyridine rings is 1. The number of fused-ring (bicyclic) bond motifs is 1. The summed E-state index contributed by atoms with van der Waals surface area (Å²) in [4.78, 5) is 16.9. The van der Waals surface area contributed by atoms with Gasteiger partial charge in [0.05, 0.1) is 19.3 Å². The lowest BCUT2D eigenvalue weighted by molar-refractivity contribution is 0.401. The molecule has 2 N–H and O–H groups in total. The second kappa shape index (κ2) is 4.76. The van der Waals surface area contributed by atoms with Crippen LogP contribution in [0.3, 0.4) is 0 Å². The van der Waals surface area contributed by atoms with E-state index in [1.165, 1.54) is 6.33 Å². The zero-order valence-corrected chi connectivity index (χ0v) is 11.2. The molecule has 0 saturated carbocycles. The Balaban J connectivity index is 2.13. The van der Waals surface area contributed by atoms with Gasteiger partial charge in [-0.2, -0.15) is 4.98 Å². The molecule has 0 amide bonds. The van der Waals surface area contributed by atoms with Crippen molar-refractivity contribution in [1.29, 1.82) is 0 Å². The molecular formula is C13H14N6O. The van der Waals surface area contributed by atoms with E-state index < -0.39 is 0 Å². The summed E-state index contributed by atoms with van der Waals surface area (Å²) in [6.07, 6.45) is 3.19. The fourth-order valence-electron chi connectivity index (χ4n) is 2.07. The maximum Gasteiger partial charge on any atom is 0.245 e. The minimum Gasteiger partial charge on any atom is -0.479 e. The lowest BCUT2D eigenvalue weighted by Gasteiger charge is -2.07. The highest BCUT2D eigenvalue weighted by Gasteiger charge is 2.15. The number of aromatic nitrogens is 5. The molecule has 7 nitrogen and oxygen atoms in total. The van der Waals surface area contributed by atoms with E-state index in [2.05, 4.69) is 19.9 Å². The number of nitrogens with zero attached hydrogens (tertiary/aromatic N) is 5. The van der Waals surface area contributed by atoms with Crippen molar-refractivity contribution in [3.63, 3.8) is 0 Å². The Kier molecular flexibility index (Phi) is 2.94. The first-order valence-corrected chi connectivity index (χ1v) is 6.12. The Hall–Kier alpha value is -2.70. The van der Waals surface area contributed by atoms with E-state index in [9.17, 15) is 0 Å². The highest BCUT2D eigenvalue weighted by Crippen LogP contribution is 2.23. The van der Waals surface area contributed by atoms with Gasteiger partial charge < -0.3 is 10.5 Å². The second-order valence-electron chi connectivity index (χ2n) is 4.38. The highest BCUT2D eigenvalue weighted by atomic mass is 16.5. The van der Waals surface area contributed by atoms with E-state index in [1.807, 2.05) is 19.1 Å². The lowest BCUT2D eigenvalue weighted by Crippen LogP contribution is -2.08. The van der Waals surface area contributed by atoms with Crippen LogP contribution in [-0.2, 0) is 6.54 Å². The first kappa shape index (κ1) is 12.3. The number of hydrogen-bond donors (Lipinski definition) is 1. The maximum absolute atomic E-state index is 5.98. The summed E-state index contributed by atoms with van der Waals surface area (Å²) in [5, 5.41) is 0. The number of anilines is 1. The molecule has 7 heteroatoms. The number of imidazole rings is 1. The minimum atomic E-state index is 0.365. The third kappa shape index (κ3) is 1.93. The number of nitrogens with two attached hydrogens (primary N) is 1. The average Bonchev–Trinajstić information content (AvgIpc) is 2.77. The molecule has 3 aromatic rings. The molecule has 0 aliphatic heterocycles. The normalized spacial score (nSPS) is 10.9. The fourth-order valence-corrected chi connectivity index (χ4v) is 2.07. The zero-order valence-electron chi connectivity index (χ0n) is 11.2. The molecule has 0 radical (unpaired) electrons. The highest BCUT2D eigenvalue weighted by molar-refractivity contribution is 5.79. The molecule has 0 fully saturated rings. The molecule has 0 aliphatic rings. The van der Waals surface area contributed by atoms with Crippen LogP contribution in [0.5, 0.6) is 5.88 Å². The first-order chi connectivity index (χ1) is 9.70. The summed E-state index contributed by atoms with van der Waals surface area (Å²) < 4.78 is 6.97. The van der Waals surface area contributed by atoms with Crippen LogP contribution in [-0.4, -0.2) is 31.6 Å². The molecule has 0 aromatic carbocycles. The van der Waals surface area contributed by atoms with Crippen LogP contribution >= 0.6 is 0 Å². The number of ether oxygens (including phenoxy) is 1. The van der Waals surface area contributed by atoms with Crippen molar-refractivity contribution in [2.24, 2.45) is 0 Å². The van der Waals surface area contributed by atoms with Gasteiger partial charge in [-0.05, 0) is 18.6 Å². The van der Waals surface area contributed by atoms with Crippen LogP contribution in [0, 0.1) is 6.92 Å². The van der Waals surface area contributed by atoms with Gasteiger partial charge in [-0.3, -0.25) is 9.55 Å². The van der Waals surface area contributed by atoms with Gasteiger partial charge in [0.15, 0.2) is 11.2 Å². The fraction of sp³-hybridized carbons (Fsp3) is 0.231. The zero-order chi connectivity index (χ0) is 14.1. The predicted octanol–water partition coefficient (Wildman–Crippen LogP) is 1.17. The molecular weight excluding hydrogens is 256 g/mol. The Morgan fingerprint density at radius 2 is 2.15 bits per heavy atom. The molecule has 0 spiro atoms. The van der Waals surface area contributed by atoms with Crippen LogP contribution in [0.25, 0.3) is 11.2 Å². The van der Waals surface area contributed by atoms with Gasteiger partial charge in [0.1, 0.15) is 6.33 Å². The molecule has 0 aliphatic carbocycles. The third-order valence-corrected chi connectivity index (χ3v) is 3.15. The monoisotopic (exact) mass is 270 g/mol. The first-order valence-electron chi connectivity index (χ1n) is 6.12. The molecule has 0 saturated heterocycles. The van der Waals surface area contributed by atoms with Gasteiger partial charge in [0.25, 0.3) is 0 Å². The van der Waals surface area contributed by atoms with Crippen LogP contribution in [0.15, 0.2) is 24.7 Å². The Bertz CT molecular complexity index is 767. The molecule has 20 heavy (non-hydrogen) atoms. The van der Waals surface area contributed by atoms with Crippen LogP contribution < -0.4 is 10.5 Å². The van der Waals surface area contributed by atoms with Crippen molar-refractivity contribution in [3.8, 4) is 5.88 Å². The summed E-state index contributed by atoms with van der Waals surface area (Å²) >= 11 is 0. The molecule has 3 rings (SSSR count). The largest absolute Gasteiger partial charge is 0.479 e. The minimum absolute atomic E-state index is 0.365. The average molecular weight is 270 g/mol. The maximum atomic E-state index is 5.98. The molecule has 102 valence electrons. The van der Waals surface area contributed by atoms with Gasteiger partial charge >= 0.3 is 0 Å². The number of nitrogen functional groups attached to an aromatic ring is 1. The van der Waals surface area contributed by atoms with Crippen molar-refractivity contribution >= 4 is 17.1 Å². The van der Waals surface area contributed by atoms with Crippen molar-refractivity contribution in [1.82, 2.24) is 24.5 Å². The summed E-state index contributed by atoms with van der Waals surface area (Å²) in [5.74, 6) is 0.780. The summed E-state index contributed by atoms with van der Waals surface area (Å²) in [7, 11) is 1.54. The van der Waals surface area contributed by atoms with E-state index >= 15 is 0 Å². The van der Waals surface area contributed by atoms with Crippen molar-refractivity contribution in [2.45, 2.75) is 13.5 Å². The Morgan fingerprint density at radius 3 is 2.90 bits per heavy atom. The lowest BCUT2D eigenvalue weighted by atomic mass is 10.2. The predicted molar refractivity (Wildman–Crippen MR) is 74.4 cm³/mol. The number of aryl methyl sites for hydroxylation is 1. The summed E-state index contributed by atoms with van der Waals surface area (Å²) in [5.41, 5.74) is 9.19. The number of methoxy groups -OCH3 is 1. The topological polar surface area (TPSA) is 91.7 Å². The van der Waals surface area contributed by atoms with Gasteiger partial charge in [0.2, 0.25) is 11.8 Å². The number of hydrogen-bond acceptors (Lipinski definition) is 6. The van der Waals surface area contributed by atoms with Gasteiger partial charge in [0, 0.05) is 6.20 Å². The van der Waals surface area contributed by atoms with Crippen LogP contribution in [0.1, 0.15) is 11.3 Å². The van der Waals surface area contributed by atoms with Gasteiger partial charge in [-0.25, -0.2) is 9.97 Å². The summed E-state index contributed by atoms with van der Waals surface area (Å²) in [6, 6.07) is 3.91. The molecule has 3 aromatic heterocycles. The Morgan fingerprint density at radius 1 is 1.30 bits per heavy atom. The van der Waals surface area contributed by atoms with E-state index in [1.54, 1.807) is 17.9 Å². The van der Waals surface area contributed by atoms with Crippen LogP contribution in [0.2, 0.25) is 0 Å².